The molecule has 0 fully saturated rings. The van der Waals surface area contributed by atoms with Crippen molar-refractivity contribution in [2.24, 2.45) is 0 Å². The molecule has 0 saturated heterocycles. The van der Waals surface area contributed by atoms with E-state index in [4.69, 9.17) is 15.2 Å². The van der Waals surface area contributed by atoms with Gasteiger partial charge < -0.3 is 10.6 Å². The Morgan fingerprint density at radius 2 is 1.23 bits per heavy atom. The number of rotatable bonds is 5. The number of H-pyrrole nitrogens is 1. The summed E-state index contributed by atoms with van der Waals surface area (Å²) in [4.78, 5) is 23.3. The van der Waals surface area contributed by atoms with Gasteiger partial charge in [-0.05, 0) is 65.4 Å². The highest BCUT2D eigenvalue weighted by molar-refractivity contribution is 7.18. The molecule has 0 aliphatic carbocycles. The summed E-state index contributed by atoms with van der Waals surface area (Å²) < 4.78 is 6.95. The van der Waals surface area contributed by atoms with Crippen LogP contribution in [-0.2, 0) is 0 Å². The van der Waals surface area contributed by atoms with Gasteiger partial charge in [-0.25, -0.2) is 14.8 Å². The highest BCUT2D eigenvalue weighted by Gasteiger charge is 2.13. The van der Waals surface area contributed by atoms with Crippen molar-refractivity contribution in [3.8, 4) is 17.5 Å². The molecule has 0 spiro atoms. The van der Waals surface area contributed by atoms with Crippen LogP contribution in [0.5, 0.6) is 0 Å². The average Bonchev–Trinajstić information content (AvgIpc) is 3.91. The summed E-state index contributed by atoms with van der Waals surface area (Å²) >= 11 is 3.37. The Hall–Kier alpha value is -6.35. The number of nitriles is 1. The monoisotopic (exact) mass is 661 g/mol. The highest BCUT2D eigenvalue weighted by atomic mass is 32.1. The van der Waals surface area contributed by atoms with Crippen molar-refractivity contribution in [2.45, 2.75) is 0 Å². The van der Waals surface area contributed by atoms with Gasteiger partial charge >= 0.3 is 5.76 Å². The highest BCUT2D eigenvalue weighted by Crippen LogP contribution is 2.37. The van der Waals surface area contributed by atoms with Crippen LogP contribution in [0.2, 0.25) is 0 Å². The zero-order chi connectivity index (χ0) is 32.5. The number of nitrogens with zero attached hydrogens (tertiary/aromatic N) is 4. The Morgan fingerprint density at radius 1 is 0.667 bits per heavy atom. The first-order chi connectivity index (χ1) is 23.6. The Labute approximate surface area is 280 Å². The molecule has 9 rings (SSSR count). The van der Waals surface area contributed by atoms with Crippen molar-refractivity contribution >= 4 is 87.7 Å². The number of aromatic amines is 1. The number of para-hydroxylation sites is 2. The third-order valence-corrected chi connectivity index (χ3v) is 9.60. The van der Waals surface area contributed by atoms with Gasteiger partial charge in [0, 0.05) is 47.9 Å². The minimum Gasteiger partial charge on any atom is -0.340 e. The fourth-order valence-corrected chi connectivity index (χ4v) is 7.34. The smallest absolute Gasteiger partial charge is 0.340 e. The number of hydrogen-bond acceptors (Lipinski definition) is 10. The predicted octanol–water partition coefficient (Wildman–Crippen LogP) is 9.60. The van der Waals surface area contributed by atoms with Crippen molar-refractivity contribution < 1.29 is 4.52 Å². The van der Waals surface area contributed by atoms with Crippen LogP contribution in [0.15, 0.2) is 129 Å². The van der Waals surface area contributed by atoms with Gasteiger partial charge in [0.2, 0.25) is 0 Å². The van der Waals surface area contributed by atoms with Crippen LogP contribution in [0, 0.1) is 11.3 Å². The largest absolute Gasteiger partial charge is 0.439 e. The van der Waals surface area contributed by atoms with E-state index in [0.717, 1.165) is 65.9 Å². The van der Waals surface area contributed by atoms with Crippen LogP contribution >= 0.6 is 22.7 Å². The van der Waals surface area contributed by atoms with Crippen LogP contribution in [0.3, 0.4) is 0 Å². The van der Waals surface area contributed by atoms with E-state index in [2.05, 4.69) is 54.3 Å². The molecule has 5 aromatic heterocycles. The van der Waals surface area contributed by atoms with Crippen molar-refractivity contribution in [2.75, 3.05) is 10.6 Å². The molecule has 4 aromatic carbocycles. The molecular formula is C37H23N7O2S2. The van der Waals surface area contributed by atoms with Crippen LogP contribution in [0.25, 0.3) is 53.4 Å². The second-order valence-electron chi connectivity index (χ2n) is 10.7. The molecule has 3 N–H and O–H groups in total. The van der Waals surface area contributed by atoms with Crippen LogP contribution < -0.4 is 16.4 Å². The van der Waals surface area contributed by atoms with Gasteiger partial charge in [0.1, 0.15) is 11.6 Å². The first-order valence-electron chi connectivity index (χ1n) is 14.9. The maximum Gasteiger partial charge on any atom is 0.439 e. The van der Waals surface area contributed by atoms with E-state index in [1.165, 1.54) is 4.70 Å². The predicted molar refractivity (Wildman–Crippen MR) is 195 cm³/mol. The van der Waals surface area contributed by atoms with Crippen molar-refractivity contribution in [1.82, 2.24) is 20.1 Å². The number of thiophene rings is 2. The number of nitrogens with one attached hydrogen (secondary N) is 3. The van der Waals surface area contributed by atoms with Gasteiger partial charge in [-0.3, -0.25) is 9.51 Å². The zero-order valence-corrected chi connectivity index (χ0v) is 26.6. The number of anilines is 4. The Bertz CT molecular complexity index is 2670. The fraction of sp³-hybridized carbons (Fsp3) is 0. The molecule has 0 aliphatic rings. The maximum atomic E-state index is 11.2. The molecular weight excluding hydrogens is 639 g/mol. The summed E-state index contributed by atoms with van der Waals surface area (Å²) in [6, 6.07) is 37.7. The van der Waals surface area contributed by atoms with Gasteiger partial charge in [0.25, 0.3) is 0 Å². The lowest BCUT2D eigenvalue weighted by atomic mass is 10.1. The first-order valence-corrected chi connectivity index (χ1v) is 16.6. The second-order valence-corrected chi connectivity index (χ2v) is 12.6. The van der Waals surface area contributed by atoms with Crippen LogP contribution in [-0.4, -0.2) is 20.1 Å². The fourth-order valence-electron chi connectivity index (χ4n) is 5.48. The molecule has 0 atom stereocenters. The van der Waals surface area contributed by atoms with Gasteiger partial charge in [-0.2, -0.15) is 5.26 Å². The summed E-state index contributed by atoms with van der Waals surface area (Å²) in [5.41, 5.74) is 5.01. The summed E-state index contributed by atoms with van der Waals surface area (Å²) in [5, 5.41) is 28.1. The summed E-state index contributed by atoms with van der Waals surface area (Å²) in [5.74, 6) is 1.44. The molecule has 9 nitrogen and oxygen atoms in total. The minimum absolute atomic E-state index is 0.391. The molecule has 0 saturated carbocycles. The van der Waals surface area contributed by atoms with Crippen molar-refractivity contribution in [3.05, 3.63) is 136 Å². The Morgan fingerprint density at radius 3 is 1.77 bits per heavy atom. The van der Waals surface area contributed by atoms with Gasteiger partial charge in [0.15, 0.2) is 5.82 Å². The minimum atomic E-state index is -0.576. The lowest BCUT2D eigenvalue weighted by Crippen LogP contribution is -1.96. The normalized spacial score (nSPS) is 11.0. The summed E-state index contributed by atoms with van der Waals surface area (Å²) in [6.45, 7) is 0. The Kier molecular flexibility index (Phi) is 7.54. The van der Waals surface area contributed by atoms with E-state index in [1.54, 1.807) is 22.7 Å². The van der Waals surface area contributed by atoms with E-state index in [9.17, 15) is 4.79 Å². The molecule has 0 radical (unpaired) electrons. The molecule has 9 aromatic rings. The molecule has 0 aliphatic heterocycles. The van der Waals surface area contributed by atoms with E-state index < -0.39 is 5.76 Å². The van der Waals surface area contributed by atoms with Crippen molar-refractivity contribution in [1.29, 1.82) is 5.26 Å². The molecule has 48 heavy (non-hydrogen) atoms. The topological polar surface area (TPSA) is 133 Å². The lowest BCUT2D eigenvalue weighted by molar-refractivity contribution is 0.388. The van der Waals surface area contributed by atoms with Crippen LogP contribution in [0.1, 0.15) is 5.56 Å². The molecule has 0 unspecified atom stereocenters. The SMILES string of the molecule is N#Cc1ccc2c(c1)nc(Nc1ccccc1)c1ccsc12.O=c1[nH]c(-c2ccc3c(c2)nc(Nc2ccccc2)c2ccsc23)no1. The third kappa shape index (κ3) is 5.62. The van der Waals surface area contributed by atoms with Gasteiger partial charge in [0.05, 0.1) is 22.7 Å². The number of aromatic nitrogens is 4. The van der Waals surface area contributed by atoms with Crippen molar-refractivity contribution in [3.63, 3.8) is 0 Å². The van der Waals surface area contributed by atoms with E-state index in [0.29, 0.717) is 11.4 Å². The Balaban J connectivity index is 0.000000142. The summed E-state index contributed by atoms with van der Waals surface area (Å²) in [6.07, 6.45) is 0. The molecule has 11 heteroatoms. The number of pyridine rings is 2. The quantitative estimate of drug-likeness (QED) is 0.166. The van der Waals surface area contributed by atoms with Gasteiger partial charge in [-0.15, -0.1) is 22.7 Å². The number of hydrogen-bond donors (Lipinski definition) is 3. The summed E-state index contributed by atoms with van der Waals surface area (Å²) in [7, 11) is 0. The van der Waals surface area contributed by atoms with Crippen LogP contribution in [0.4, 0.5) is 23.0 Å². The zero-order valence-electron chi connectivity index (χ0n) is 25.0. The van der Waals surface area contributed by atoms with E-state index in [-0.39, 0.29) is 0 Å². The number of fused-ring (bicyclic) bond motifs is 6. The standard InChI is InChI=1S/C19H12N4O2S.C18H11N3S/c24-19-22-17(23-25-19)11-6-7-13-15(10-11)21-18(14-8-9-26-16(13)14)20-12-4-2-1-3-5-12;19-11-12-6-7-14-16(10-12)21-18(15-8-9-22-17(14)15)20-13-4-2-1-3-5-13/h1-10H,(H,20,21)(H,22,23,24);1-10H,(H,20,21). The molecule has 230 valence electrons. The lowest BCUT2D eigenvalue weighted by Gasteiger charge is -2.10. The van der Waals surface area contributed by atoms with E-state index >= 15 is 0 Å². The molecule has 5 heterocycles. The van der Waals surface area contributed by atoms with E-state index in [1.807, 2.05) is 97.1 Å². The maximum absolute atomic E-state index is 11.2. The third-order valence-electron chi connectivity index (χ3n) is 7.71. The number of benzene rings is 4. The molecule has 0 bridgehead atoms. The van der Waals surface area contributed by atoms with Gasteiger partial charge in [-0.1, -0.05) is 59.8 Å². The average molecular weight is 662 g/mol. The first kappa shape index (κ1) is 29.1. The molecule has 0 amide bonds. The second kappa shape index (κ2) is 12.4.